The van der Waals surface area contributed by atoms with Gasteiger partial charge in [-0.1, -0.05) is 29.1 Å². The summed E-state index contributed by atoms with van der Waals surface area (Å²) in [4.78, 5) is 22.1. The van der Waals surface area contributed by atoms with Gasteiger partial charge in [-0.05, 0) is 12.1 Å². The van der Waals surface area contributed by atoms with Gasteiger partial charge < -0.3 is 14.6 Å². The lowest BCUT2D eigenvalue weighted by atomic mass is 10.3. The van der Waals surface area contributed by atoms with Gasteiger partial charge >= 0.3 is 5.97 Å². The summed E-state index contributed by atoms with van der Waals surface area (Å²) >= 11 is 0.995. The monoisotopic (exact) mass is 290 g/mol. The molecule has 2 heterocycles. The standard InChI is InChI=1S/C12H10N4O3S/c17-11(18)6-20-12-15-10(16-19-12)5-9-13-7-3-1-2-4-8(7)14-9/h1-4H,5-6H2,(H,13,14)(H,17,18). The molecule has 0 aliphatic heterocycles. The Labute approximate surface area is 117 Å². The Kier molecular flexibility index (Phi) is 3.38. The number of nitrogens with zero attached hydrogens (tertiary/aromatic N) is 3. The fraction of sp³-hybridized carbons (Fsp3) is 0.167. The molecule has 0 radical (unpaired) electrons. The van der Waals surface area contributed by atoms with E-state index in [9.17, 15) is 4.79 Å². The Morgan fingerprint density at radius 2 is 2.20 bits per heavy atom. The molecule has 20 heavy (non-hydrogen) atoms. The number of carboxylic acid groups (broad SMARTS) is 1. The van der Waals surface area contributed by atoms with E-state index in [-0.39, 0.29) is 11.0 Å². The van der Waals surface area contributed by atoms with Crippen molar-refractivity contribution in [2.75, 3.05) is 5.75 Å². The van der Waals surface area contributed by atoms with Crippen molar-refractivity contribution in [3.63, 3.8) is 0 Å². The molecule has 0 aliphatic carbocycles. The van der Waals surface area contributed by atoms with Crippen molar-refractivity contribution < 1.29 is 14.4 Å². The van der Waals surface area contributed by atoms with Gasteiger partial charge in [0.15, 0.2) is 5.82 Å². The lowest BCUT2D eigenvalue weighted by Gasteiger charge is -1.88. The Morgan fingerprint density at radius 3 is 3.00 bits per heavy atom. The minimum absolute atomic E-state index is 0.105. The molecule has 1 aromatic carbocycles. The minimum Gasteiger partial charge on any atom is -0.481 e. The molecule has 7 nitrogen and oxygen atoms in total. The zero-order chi connectivity index (χ0) is 13.9. The second kappa shape index (κ2) is 5.33. The predicted molar refractivity (Wildman–Crippen MR) is 71.6 cm³/mol. The number of hydrogen-bond donors (Lipinski definition) is 2. The molecule has 0 bridgehead atoms. The van der Waals surface area contributed by atoms with Crippen LogP contribution in [0.5, 0.6) is 0 Å². The van der Waals surface area contributed by atoms with Crippen LogP contribution >= 0.6 is 11.8 Å². The van der Waals surface area contributed by atoms with Crippen LogP contribution in [0.3, 0.4) is 0 Å². The highest BCUT2D eigenvalue weighted by Gasteiger charge is 2.11. The summed E-state index contributed by atoms with van der Waals surface area (Å²) in [6.07, 6.45) is 0.409. The fourth-order valence-electron chi connectivity index (χ4n) is 1.73. The van der Waals surface area contributed by atoms with E-state index in [2.05, 4.69) is 20.1 Å². The maximum absolute atomic E-state index is 10.4. The summed E-state index contributed by atoms with van der Waals surface area (Å²) < 4.78 is 4.96. The molecule has 2 aromatic heterocycles. The van der Waals surface area contributed by atoms with Gasteiger partial charge in [-0.25, -0.2) is 4.98 Å². The van der Waals surface area contributed by atoms with E-state index in [4.69, 9.17) is 9.63 Å². The number of imidazole rings is 1. The maximum atomic E-state index is 10.4. The number of aliphatic carboxylic acids is 1. The average molecular weight is 290 g/mol. The Bertz CT molecular complexity index is 719. The molecule has 8 heteroatoms. The first kappa shape index (κ1) is 12.7. The molecular weight excluding hydrogens is 280 g/mol. The third-order valence-corrected chi connectivity index (χ3v) is 3.34. The smallest absolute Gasteiger partial charge is 0.314 e. The fourth-order valence-corrected chi connectivity index (χ4v) is 2.24. The number of nitrogens with one attached hydrogen (secondary N) is 1. The summed E-state index contributed by atoms with van der Waals surface area (Å²) in [6.45, 7) is 0. The predicted octanol–water partition coefficient (Wildman–Crippen LogP) is 1.71. The summed E-state index contributed by atoms with van der Waals surface area (Å²) in [7, 11) is 0. The van der Waals surface area contributed by atoms with Crippen molar-refractivity contribution in [2.24, 2.45) is 0 Å². The second-order valence-electron chi connectivity index (χ2n) is 4.04. The second-order valence-corrected chi connectivity index (χ2v) is 4.96. The van der Waals surface area contributed by atoms with Crippen molar-refractivity contribution in [2.45, 2.75) is 11.6 Å². The Hall–Kier alpha value is -2.35. The molecular formula is C12H10N4O3S. The van der Waals surface area contributed by atoms with Crippen LogP contribution in [0.1, 0.15) is 11.6 Å². The van der Waals surface area contributed by atoms with Gasteiger partial charge in [-0.3, -0.25) is 4.79 Å². The van der Waals surface area contributed by atoms with Crippen LogP contribution in [0.4, 0.5) is 0 Å². The van der Waals surface area contributed by atoms with Gasteiger partial charge in [0.2, 0.25) is 0 Å². The topological polar surface area (TPSA) is 105 Å². The van der Waals surface area contributed by atoms with Crippen molar-refractivity contribution in [1.29, 1.82) is 0 Å². The van der Waals surface area contributed by atoms with E-state index < -0.39 is 5.97 Å². The number of rotatable bonds is 5. The van der Waals surface area contributed by atoms with E-state index in [0.717, 1.165) is 28.6 Å². The summed E-state index contributed by atoms with van der Waals surface area (Å²) in [5.41, 5.74) is 1.83. The number of hydrogen-bond acceptors (Lipinski definition) is 6. The molecule has 0 saturated carbocycles. The van der Waals surface area contributed by atoms with Gasteiger partial charge in [0.05, 0.1) is 17.5 Å². The molecule has 0 amide bonds. The number of carboxylic acids is 1. The number of H-pyrrole nitrogens is 1. The summed E-state index contributed by atoms with van der Waals surface area (Å²) in [6, 6.07) is 7.71. The zero-order valence-electron chi connectivity index (χ0n) is 10.2. The van der Waals surface area contributed by atoms with Gasteiger partial charge in [0.1, 0.15) is 11.6 Å². The largest absolute Gasteiger partial charge is 0.481 e. The van der Waals surface area contributed by atoms with Crippen molar-refractivity contribution in [3.05, 3.63) is 35.9 Å². The lowest BCUT2D eigenvalue weighted by molar-refractivity contribution is -0.133. The third kappa shape index (κ3) is 2.80. The van der Waals surface area contributed by atoms with Gasteiger partial charge in [-0.15, -0.1) is 0 Å². The van der Waals surface area contributed by atoms with Crippen molar-refractivity contribution >= 4 is 28.8 Å². The highest BCUT2D eigenvalue weighted by Crippen LogP contribution is 2.17. The van der Waals surface area contributed by atoms with Crippen molar-refractivity contribution in [3.8, 4) is 0 Å². The van der Waals surface area contributed by atoms with Gasteiger partial charge in [0.25, 0.3) is 5.22 Å². The molecule has 0 fully saturated rings. The quantitative estimate of drug-likeness (QED) is 0.689. The van der Waals surface area contributed by atoms with E-state index in [0.29, 0.717) is 12.2 Å². The van der Waals surface area contributed by atoms with Crippen LogP contribution in [-0.2, 0) is 11.2 Å². The van der Waals surface area contributed by atoms with Crippen molar-refractivity contribution in [1.82, 2.24) is 20.1 Å². The van der Waals surface area contributed by atoms with E-state index in [1.165, 1.54) is 0 Å². The first-order chi connectivity index (χ1) is 9.70. The molecule has 102 valence electrons. The number of aromatic nitrogens is 4. The number of fused-ring (bicyclic) bond motifs is 1. The molecule has 3 aromatic rings. The van der Waals surface area contributed by atoms with Gasteiger partial charge in [-0.2, -0.15) is 4.98 Å². The van der Waals surface area contributed by atoms with E-state index >= 15 is 0 Å². The number of carbonyl (C=O) groups is 1. The normalized spacial score (nSPS) is 11.0. The minimum atomic E-state index is -0.924. The van der Waals surface area contributed by atoms with Crippen LogP contribution in [0.25, 0.3) is 11.0 Å². The number of benzene rings is 1. The highest BCUT2D eigenvalue weighted by atomic mass is 32.2. The van der Waals surface area contributed by atoms with Crippen LogP contribution in [-0.4, -0.2) is 36.9 Å². The SMILES string of the molecule is O=C(O)CSc1nc(Cc2nc3ccccc3[nH]2)no1. The highest BCUT2D eigenvalue weighted by molar-refractivity contribution is 7.99. The molecule has 3 rings (SSSR count). The van der Waals surface area contributed by atoms with Crippen LogP contribution in [0.2, 0.25) is 0 Å². The number of para-hydroxylation sites is 2. The number of aromatic amines is 1. The molecule has 0 saturated heterocycles. The van der Waals surface area contributed by atoms with E-state index in [1.54, 1.807) is 0 Å². The van der Waals surface area contributed by atoms with E-state index in [1.807, 2.05) is 24.3 Å². The van der Waals surface area contributed by atoms with Crippen LogP contribution in [0.15, 0.2) is 34.0 Å². The Balaban J connectivity index is 1.72. The molecule has 0 atom stereocenters. The van der Waals surface area contributed by atoms with Gasteiger partial charge in [0, 0.05) is 0 Å². The molecule has 0 unspecified atom stereocenters. The van der Waals surface area contributed by atoms with Crippen LogP contribution in [0, 0.1) is 0 Å². The van der Waals surface area contributed by atoms with Crippen LogP contribution < -0.4 is 0 Å². The first-order valence-electron chi connectivity index (χ1n) is 5.81. The molecule has 2 N–H and O–H groups in total. The maximum Gasteiger partial charge on any atom is 0.314 e. The average Bonchev–Trinajstić information content (AvgIpc) is 3.02. The Morgan fingerprint density at radius 1 is 1.35 bits per heavy atom. The molecule has 0 spiro atoms. The number of thioether (sulfide) groups is 1. The third-order valence-electron chi connectivity index (χ3n) is 2.53. The summed E-state index contributed by atoms with van der Waals surface area (Å²) in [5.74, 6) is 0.178. The first-order valence-corrected chi connectivity index (χ1v) is 6.80. The lowest BCUT2D eigenvalue weighted by Crippen LogP contribution is -1.97. The summed E-state index contributed by atoms with van der Waals surface area (Å²) in [5, 5.41) is 12.6. The molecule has 0 aliphatic rings. The zero-order valence-corrected chi connectivity index (χ0v) is 11.1.